The first-order valence-electron chi connectivity index (χ1n) is 6.19. The number of aromatic amines is 1. The van der Waals surface area contributed by atoms with Crippen molar-refractivity contribution in [1.29, 1.82) is 0 Å². The molecule has 5 nitrogen and oxygen atoms in total. The smallest absolute Gasteiger partial charge is 0.250 e. The molecule has 20 heavy (non-hydrogen) atoms. The lowest BCUT2D eigenvalue weighted by molar-refractivity contribution is -0.119. The first-order chi connectivity index (χ1) is 9.61. The Balaban J connectivity index is 2.22. The molecule has 2 rings (SSSR count). The fourth-order valence-corrected chi connectivity index (χ4v) is 2.76. The highest BCUT2D eigenvalue weighted by molar-refractivity contribution is 7.99. The van der Waals surface area contributed by atoms with Gasteiger partial charge < -0.3 is 10.1 Å². The maximum atomic E-state index is 11.6. The van der Waals surface area contributed by atoms with E-state index in [0.29, 0.717) is 0 Å². The number of anilines is 1. The number of nitrogens with one attached hydrogen (secondary N) is 2. The van der Waals surface area contributed by atoms with E-state index in [-0.39, 0.29) is 12.5 Å². The summed E-state index contributed by atoms with van der Waals surface area (Å²) >= 11 is 1.58. The molecule has 2 N–H and O–H groups in total. The summed E-state index contributed by atoms with van der Waals surface area (Å²) in [6.07, 6.45) is 0. The summed E-state index contributed by atoms with van der Waals surface area (Å²) in [6.45, 7) is 3.98. The Morgan fingerprint density at radius 3 is 2.80 bits per heavy atom. The maximum absolute atomic E-state index is 11.6. The van der Waals surface area contributed by atoms with Gasteiger partial charge in [0, 0.05) is 17.7 Å². The fourth-order valence-electron chi connectivity index (χ4n) is 1.78. The SMILES string of the molecule is COCC(=O)Nc1ccccc1Sc1c(C)n[nH]c1C. The first-order valence-corrected chi connectivity index (χ1v) is 7.00. The molecule has 2 aromatic rings. The Kier molecular flexibility index (Phi) is 4.81. The van der Waals surface area contributed by atoms with Crippen LogP contribution in [0.4, 0.5) is 5.69 Å². The minimum Gasteiger partial charge on any atom is -0.375 e. The van der Waals surface area contributed by atoms with Crippen LogP contribution in [0, 0.1) is 13.8 Å². The third-order valence-electron chi connectivity index (χ3n) is 2.71. The van der Waals surface area contributed by atoms with Gasteiger partial charge in [0.25, 0.3) is 0 Å². The largest absolute Gasteiger partial charge is 0.375 e. The molecule has 106 valence electrons. The summed E-state index contributed by atoms with van der Waals surface area (Å²) < 4.78 is 4.83. The van der Waals surface area contributed by atoms with Crippen molar-refractivity contribution in [1.82, 2.24) is 10.2 Å². The number of amides is 1. The summed E-state index contributed by atoms with van der Waals surface area (Å²) in [4.78, 5) is 13.7. The number of aryl methyl sites for hydroxylation is 2. The van der Waals surface area contributed by atoms with Crippen molar-refractivity contribution in [3.05, 3.63) is 35.7 Å². The molecule has 0 saturated heterocycles. The summed E-state index contributed by atoms with van der Waals surface area (Å²) in [7, 11) is 1.50. The summed E-state index contributed by atoms with van der Waals surface area (Å²) in [6, 6.07) is 7.68. The van der Waals surface area contributed by atoms with Crippen LogP contribution in [0.25, 0.3) is 0 Å². The normalized spacial score (nSPS) is 10.6. The Hall–Kier alpha value is -1.79. The Bertz CT molecular complexity index is 591. The van der Waals surface area contributed by atoms with Gasteiger partial charge in [-0.25, -0.2) is 0 Å². The molecular formula is C14H17N3O2S. The van der Waals surface area contributed by atoms with E-state index in [0.717, 1.165) is 26.9 Å². The average Bonchev–Trinajstić information content (AvgIpc) is 2.73. The van der Waals surface area contributed by atoms with Crippen LogP contribution in [-0.2, 0) is 9.53 Å². The summed E-state index contributed by atoms with van der Waals surface area (Å²) in [5.74, 6) is -0.166. The van der Waals surface area contributed by atoms with Crippen LogP contribution in [0.5, 0.6) is 0 Å². The van der Waals surface area contributed by atoms with Gasteiger partial charge in [0.15, 0.2) is 0 Å². The van der Waals surface area contributed by atoms with Crippen LogP contribution in [0.3, 0.4) is 0 Å². The first kappa shape index (κ1) is 14.6. The molecule has 0 spiro atoms. The number of aromatic nitrogens is 2. The molecule has 0 saturated carbocycles. The summed E-state index contributed by atoms with van der Waals surface area (Å²) in [5, 5.41) is 9.99. The van der Waals surface area contributed by atoms with Crippen molar-refractivity contribution < 1.29 is 9.53 Å². The lowest BCUT2D eigenvalue weighted by Crippen LogP contribution is -2.17. The van der Waals surface area contributed by atoms with Crippen LogP contribution in [0.2, 0.25) is 0 Å². The second-order valence-corrected chi connectivity index (χ2v) is 5.39. The number of para-hydroxylation sites is 1. The van der Waals surface area contributed by atoms with Gasteiger partial charge in [-0.3, -0.25) is 9.89 Å². The average molecular weight is 291 g/mol. The molecule has 0 aliphatic carbocycles. The number of rotatable bonds is 5. The molecule has 0 radical (unpaired) electrons. The van der Waals surface area contributed by atoms with Crippen molar-refractivity contribution in [2.45, 2.75) is 23.6 Å². The lowest BCUT2D eigenvalue weighted by atomic mass is 10.3. The van der Waals surface area contributed by atoms with E-state index in [1.54, 1.807) is 11.8 Å². The van der Waals surface area contributed by atoms with Crippen molar-refractivity contribution in [2.24, 2.45) is 0 Å². The van der Waals surface area contributed by atoms with Crippen LogP contribution in [0.15, 0.2) is 34.1 Å². The molecule has 6 heteroatoms. The number of H-pyrrole nitrogens is 1. The van der Waals surface area contributed by atoms with Gasteiger partial charge in [0.05, 0.1) is 16.3 Å². The van der Waals surface area contributed by atoms with Gasteiger partial charge >= 0.3 is 0 Å². The molecule has 0 bridgehead atoms. The third-order valence-corrected chi connectivity index (χ3v) is 4.09. The molecule has 0 aliphatic rings. The van der Waals surface area contributed by atoms with Gasteiger partial charge in [-0.05, 0) is 26.0 Å². The quantitative estimate of drug-likeness (QED) is 0.889. The monoisotopic (exact) mass is 291 g/mol. The minimum absolute atomic E-state index is 0.0444. The standard InChI is InChI=1S/C14H17N3O2S/c1-9-14(10(2)17-16-9)20-12-7-5-4-6-11(12)15-13(18)8-19-3/h4-7H,8H2,1-3H3,(H,15,18)(H,16,17). The molecule has 0 atom stereocenters. The number of hydrogen-bond acceptors (Lipinski definition) is 4. The number of benzene rings is 1. The van der Waals surface area contributed by atoms with E-state index in [1.807, 2.05) is 38.1 Å². The van der Waals surface area contributed by atoms with Gasteiger partial charge in [-0.2, -0.15) is 5.10 Å². The summed E-state index contributed by atoms with van der Waals surface area (Å²) in [5.41, 5.74) is 2.75. The number of carbonyl (C=O) groups is 1. The second kappa shape index (κ2) is 6.58. The van der Waals surface area contributed by atoms with Crippen LogP contribution < -0.4 is 5.32 Å². The van der Waals surface area contributed by atoms with Gasteiger partial charge in [-0.15, -0.1) is 0 Å². The molecule has 1 amide bonds. The Morgan fingerprint density at radius 1 is 1.40 bits per heavy atom. The molecule has 0 unspecified atom stereocenters. The number of carbonyl (C=O) groups excluding carboxylic acids is 1. The highest BCUT2D eigenvalue weighted by Crippen LogP contribution is 2.36. The Labute approximate surface area is 122 Å². The van der Waals surface area contributed by atoms with Crippen LogP contribution in [0.1, 0.15) is 11.4 Å². The molecular weight excluding hydrogens is 274 g/mol. The third kappa shape index (κ3) is 3.40. The minimum atomic E-state index is -0.166. The van der Waals surface area contributed by atoms with E-state index >= 15 is 0 Å². The maximum Gasteiger partial charge on any atom is 0.250 e. The van der Waals surface area contributed by atoms with Gasteiger partial charge in [0.1, 0.15) is 6.61 Å². The van der Waals surface area contributed by atoms with Gasteiger partial charge in [0.2, 0.25) is 5.91 Å². The zero-order valence-corrected chi connectivity index (χ0v) is 12.5. The number of nitrogens with zero attached hydrogens (tertiary/aromatic N) is 1. The zero-order chi connectivity index (χ0) is 14.5. The zero-order valence-electron chi connectivity index (χ0n) is 11.7. The van der Waals surface area contributed by atoms with E-state index < -0.39 is 0 Å². The molecule has 1 aromatic heterocycles. The van der Waals surface area contributed by atoms with E-state index in [1.165, 1.54) is 7.11 Å². The van der Waals surface area contributed by atoms with E-state index in [9.17, 15) is 4.79 Å². The number of hydrogen-bond donors (Lipinski definition) is 2. The molecule has 0 fully saturated rings. The van der Waals surface area contributed by atoms with Crippen molar-refractivity contribution >= 4 is 23.4 Å². The molecule has 1 aromatic carbocycles. The van der Waals surface area contributed by atoms with Crippen LogP contribution >= 0.6 is 11.8 Å². The Morgan fingerprint density at radius 2 is 2.15 bits per heavy atom. The van der Waals surface area contributed by atoms with Crippen molar-refractivity contribution in [3.8, 4) is 0 Å². The number of ether oxygens (including phenoxy) is 1. The second-order valence-electron chi connectivity index (χ2n) is 4.34. The molecule has 0 aliphatic heterocycles. The van der Waals surface area contributed by atoms with E-state index in [4.69, 9.17) is 4.74 Å². The highest BCUT2D eigenvalue weighted by atomic mass is 32.2. The van der Waals surface area contributed by atoms with Crippen molar-refractivity contribution in [2.75, 3.05) is 19.0 Å². The van der Waals surface area contributed by atoms with E-state index in [2.05, 4.69) is 15.5 Å². The molecule has 1 heterocycles. The van der Waals surface area contributed by atoms with Gasteiger partial charge in [-0.1, -0.05) is 23.9 Å². The highest BCUT2D eigenvalue weighted by Gasteiger charge is 2.12. The lowest BCUT2D eigenvalue weighted by Gasteiger charge is -2.10. The van der Waals surface area contributed by atoms with Crippen molar-refractivity contribution in [3.63, 3.8) is 0 Å². The topological polar surface area (TPSA) is 67.0 Å². The predicted molar refractivity (Wildman–Crippen MR) is 79.1 cm³/mol. The predicted octanol–water partition coefficient (Wildman–Crippen LogP) is 2.76. The number of methoxy groups -OCH3 is 1. The van der Waals surface area contributed by atoms with Crippen LogP contribution in [-0.4, -0.2) is 29.8 Å². The fraction of sp³-hybridized carbons (Fsp3) is 0.286.